The second kappa shape index (κ2) is 5.66. The fourth-order valence-electron chi connectivity index (χ4n) is 2.81. The van der Waals surface area contributed by atoms with E-state index < -0.39 is 0 Å². The number of thioether (sulfide) groups is 1. The average Bonchev–Trinajstić information content (AvgIpc) is 3.02. The maximum absolute atomic E-state index is 4.72. The molecule has 0 amide bonds. The van der Waals surface area contributed by atoms with Gasteiger partial charge in [-0.15, -0.1) is 0 Å². The Kier molecular flexibility index (Phi) is 3.94. The van der Waals surface area contributed by atoms with E-state index in [0.29, 0.717) is 5.54 Å². The standard InChI is InChI=1S/C14H20N2S2/c1-2-6-14(7-3-1)11-18-13(16-14)15-8-4-12-5-9-17-10-12/h5,9-10H,1-4,6-8,11H2,(H,15,16). The molecule has 18 heavy (non-hydrogen) atoms. The van der Waals surface area contributed by atoms with Crippen LogP contribution in [0.25, 0.3) is 0 Å². The van der Waals surface area contributed by atoms with Crippen molar-refractivity contribution in [1.29, 1.82) is 0 Å². The van der Waals surface area contributed by atoms with Gasteiger partial charge in [-0.1, -0.05) is 31.0 Å². The molecule has 0 aromatic carbocycles. The molecule has 4 heteroatoms. The fourth-order valence-corrected chi connectivity index (χ4v) is 4.76. The second-order valence-corrected chi connectivity index (χ2v) is 7.07. The Morgan fingerprint density at radius 2 is 2.17 bits per heavy atom. The van der Waals surface area contributed by atoms with Gasteiger partial charge in [0.15, 0.2) is 5.17 Å². The number of nitrogens with zero attached hydrogens (tertiary/aromatic N) is 1. The molecule has 1 aromatic rings. The lowest BCUT2D eigenvalue weighted by molar-refractivity contribution is 0.303. The summed E-state index contributed by atoms with van der Waals surface area (Å²) in [6.45, 7) is 0.919. The van der Waals surface area contributed by atoms with Gasteiger partial charge >= 0.3 is 0 Å². The van der Waals surface area contributed by atoms with Gasteiger partial charge in [-0.2, -0.15) is 11.3 Å². The van der Waals surface area contributed by atoms with E-state index in [9.17, 15) is 0 Å². The molecule has 1 aromatic heterocycles. The number of thiophene rings is 1. The van der Waals surface area contributed by atoms with Crippen LogP contribution in [-0.2, 0) is 6.42 Å². The molecule has 2 aliphatic rings. The molecule has 3 rings (SSSR count). The van der Waals surface area contributed by atoms with Crippen LogP contribution in [0.15, 0.2) is 21.8 Å². The summed E-state index contributed by atoms with van der Waals surface area (Å²) in [7, 11) is 0. The normalized spacial score (nSPS) is 24.6. The molecular weight excluding hydrogens is 260 g/mol. The van der Waals surface area contributed by atoms with Crippen molar-refractivity contribution < 1.29 is 0 Å². The summed E-state index contributed by atoms with van der Waals surface area (Å²) in [5.74, 6) is 1.23. The van der Waals surface area contributed by atoms with Gasteiger partial charge < -0.3 is 5.32 Å². The highest BCUT2D eigenvalue weighted by Crippen LogP contribution is 2.36. The van der Waals surface area contributed by atoms with Crippen LogP contribution in [0.4, 0.5) is 0 Å². The minimum atomic E-state index is 0.393. The third kappa shape index (κ3) is 2.91. The van der Waals surface area contributed by atoms with Gasteiger partial charge in [0.1, 0.15) is 0 Å². The Hall–Kier alpha value is -0.480. The molecular formula is C14H20N2S2. The molecule has 2 nitrogen and oxygen atoms in total. The molecule has 98 valence electrons. The Labute approximate surface area is 117 Å². The zero-order valence-electron chi connectivity index (χ0n) is 10.7. The molecule has 2 fully saturated rings. The van der Waals surface area contributed by atoms with Gasteiger partial charge in [0.25, 0.3) is 0 Å². The van der Waals surface area contributed by atoms with Crippen molar-refractivity contribution in [1.82, 2.24) is 5.32 Å². The molecule has 1 aliphatic carbocycles. The first-order valence-corrected chi connectivity index (χ1v) is 8.76. The molecule has 0 radical (unpaired) electrons. The smallest absolute Gasteiger partial charge is 0.157 e. The fraction of sp³-hybridized carbons (Fsp3) is 0.643. The zero-order valence-corrected chi connectivity index (χ0v) is 12.3. The minimum absolute atomic E-state index is 0.393. The van der Waals surface area contributed by atoms with E-state index in [4.69, 9.17) is 4.99 Å². The number of amidine groups is 1. The molecule has 1 aliphatic heterocycles. The molecule has 2 heterocycles. The number of hydrogen-bond acceptors (Lipinski definition) is 3. The number of rotatable bonds is 3. The summed E-state index contributed by atoms with van der Waals surface area (Å²) in [5, 5.41) is 9.25. The van der Waals surface area contributed by atoms with Crippen molar-refractivity contribution in [2.75, 3.05) is 12.3 Å². The van der Waals surface area contributed by atoms with Crippen LogP contribution in [0.3, 0.4) is 0 Å². The summed E-state index contributed by atoms with van der Waals surface area (Å²) in [5.41, 5.74) is 1.81. The van der Waals surface area contributed by atoms with E-state index >= 15 is 0 Å². The highest BCUT2D eigenvalue weighted by Gasteiger charge is 2.37. The van der Waals surface area contributed by atoms with Gasteiger partial charge in [-0.05, 0) is 41.7 Å². The molecule has 0 atom stereocenters. The predicted molar refractivity (Wildman–Crippen MR) is 81.7 cm³/mol. The maximum atomic E-state index is 4.72. The van der Waals surface area contributed by atoms with Crippen LogP contribution in [0.2, 0.25) is 0 Å². The van der Waals surface area contributed by atoms with Gasteiger partial charge in [-0.3, -0.25) is 4.99 Å². The number of hydrogen-bond donors (Lipinski definition) is 1. The first-order valence-electron chi connectivity index (χ1n) is 6.83. The lowest BCUT2D eigenvalue weighted by Crippen LogP contribution is -2.45. The highest BCUT2D eigenvalue weighted by molar-refractivity contribution is 8.14. The molecule has 0 bridgehead atoms. The SMILES string of the molecule is c1cc(CCN=C2NC3(CCCCC3)CS2)cs1. The average molecular weight is 280 g/mol. The van der Waals surface area contributed by atoms with E-state index in [1.54, 1.807) is 11.3 Å². The summed E-state index contributed by atoms with van der Waals surface area (Å²) >= 11 is 3.70. The van der Waals surface area contributed by atoms with Crippen molar-refractivity contribution in [2.24, 2.45) is 4.99 Å². The van der Waals surface area contributed by atoms with Crippen molar-refractivity contribution in [2.45, 2.75) is 44.1 Å². The Bertz CT molecular complexity index is 405. The lowest BCUT2D eigenvalue weighted by atomic mass is 9.83. The first-order chi connectivity index (χ1) is 8.86. The molecule has 1 saturated carbocycles. The third-order valence-corrected chi connectivity index (χ3v) is 5.84. The van der Waals surface area contributed by atoms with Crippen LogP contribution < -0.4 is 5.32 Å². The zero-order chi connectivity index (χ0) is 12.3. The van der Waals surface area contributed by atoms with E-state index in [1.807, 2.05) is 11.8 Å². The highest BCUT2D eigenvalue weighted by atomic mass is 32.2. The monoisotopic (exact) mass is 280 g/mol. The van der Waals surface area contributed by atoms with Crippen LogP contribution in [-0.4, -0.2) is 23.0 Å². The maximum Gasteiger partial charge on any atom is 0.157 e. The summed E-state index contributed by atoms with van der Waals surface area (Å²) in [6, 6.07) is 2.20. The van der Waals surface area contributed by atoms with Crippen LogP contribution >= 0.6 is 23.1 Å². The van der Waals surface area contributed by atoms with E-state index in [-0.39, 0.29) is 0 Å². The van der Waals surface area contributed by atoms with Crippen LogP contribution in [0, 0.1) is 0 Å². The summed E-state index contributed by atoms with van der Waals surface area (Å²) in [6.07, 6.45) is 7.93. The minimum Gasteiger partial charge on any atom is -0.359 e. The number of aliphatic imine (C=N–C) groups is 1. The van der Waals surface area contributed by atoms with Gasteiger partial charge in [0, 0.05) is 17.8 Å². The Balaban J connectivity index is 1.51. The quantitative estimate of drug-likeness (QED) is 0.913. The van der Waals surface area contributed by atoms with Crippen molar-refractivity contribution in [3.8, 4) is 0 Å². The van der Waals surface area contributed by atoms with Crippen LogP contribution in [0.1, 0.15) is 37.7 Å². The molecule has 1 saturated heterocycles. The van der Waals surface area contributed by atoms with Crippen molar-refractivity contribution in [3.05, 3.63) is 22.4 Å². The Morgan fingerprint density at radius 3 is 2.94 bits per heavy atom. The summed E-state index contributed by atoms with van der Waals surface area (Å²) in [4.78, 5) is 4.72. The molecule has 1 spiro atoms. The van der Waals surface area contributed by atoms with Gasteiger partial charge in [0.05, 0.1) is 0 Å². The van der Waals surface area contributed by atoms with E-state index in [0.717, 1.165) is 13.0 Å². The molecule has 1 N–H and O–H groups in total. The van der Waals surface area contributed by atoms with E-state index in [1.165, 1.54) is 48.6 Å². The topological polar surface area (TPSA) is 24.4 Å². The molecule has 0 unspecified atom stereocenters. The predicted octanol–water partition coefficient (Wildman–Crippen LogP) is 3.69. The summed E-state index contributed by atoms with van der Waals surface area (Å²) < 4.78 is 0. The van der Waals surface area contributed by atoms with Crippen molar-refractivity contribution in [3.63, 3.8) is 0 Å². The van der Waals surface area contributed by atoms with Gasteiger partial charge in [-0.25, -0.2) is 0 Å². The van der Waals surface area contributed by atoms with Crippen LogP contribution in [0.5, 0.6) is 0 Å². The van der Waals surface area contributed by atoms with Crippen molar-refractivity contribution >= 4 is 28.3 Å². The Morgan fingerprint density at radius 1 is 1.28 bits per heavy atom. The largest absolute Gasteiger partial charge is 0.359 e. The van der Waals surface area contributed by atoms with Gasteiger partial charge in [0.2, 0.25) is 0 Å². The number of nitrogens with one attached hydrogen (secondary N) is 1. The van der Waals surface area contributed by atoms with E-state index in [2.05, 4.69) is 22.1 Å². The first kappa shape index (κ1) is 12.5. The third-order valence-electron chi connectivity index (χ3n) is 3.90. The second-order valence-electron chi connectivity index (χ2n) is 5.32. The lowest BCUT2D eigenvalue weighted by Gasteiger charge is -2.32.